The molecule has 84 valence electrons. The van der Waals surface area contributed by atoms with Crippen LogP contribution in [-0.2, 0) is 0 Å². The minimum absolute atomic E-state index is 0.0574. The van der Waals surface area contributed by atoms with Crippen LogP contribution in [0.25, 0.3) is 21.9 Å². The quantitative estimate of drug-likeness (QED) is 0.619. The number of phenolic OH excluding ortho intramolecular Hbond substituents is 1. The summed E-state index contributed by atoms with van der Waals surface area (Å²) in [5, 5.41) is 10.8. The Balaban J connectivity index is 2.57. The molecule has 3 nitrogen and oxygen atoms in total. The van der Waals surface area contributed by atoms with Gasteiger partial charge < -0.3 is 9.52 Å². The van der Waals surface area contributed by atoms with E-state index in [4.69, 9.17) is 16.0 Å². The van der Waals surface area contributed by atoms with Crippen molar-refractivity contribution in [3.63, 3.8) is 0 Å². The number of phenols is 1. The summed E-state index contributed by atoms with van der Waals surface area (Å²) >= 11 is 5.84. The van der Waals surface area contributed by atoms with Crippen molar-refractivity contribution in [3.8, 4) is 5.75 Å². The zero-order valence-corrected chi connectivity index (χ0v) is 9.36. The Kier molecular flexibility index (Phi) is 2.09. The van der Waals surface area contributed by atoms with E-state index in [0.717, 1.165) is 0 Å². The lowest BCUT2D eigenvalue weighted by Crippen LogP contribution is -2.01. The highest BCUT2D eigenvalue weighted by Crippen LogP contribution is 2.23. The predicted octanol–water partition coefficient (Wildman–Crippen LogP) is 3.31. The smallest absolute Gasteiger partial charge is 0.200 e. The average Bonchev–Trinajstić information content (AvgIpc) is 2.28. The summed E-state index contributed by atoms with van der Waals surface area (Å²) in [6.45, 7) is 0. The molecule has 0 radical (unpaired) electrons. The van der Waals surface area contributed by atoms with Crippen molar-refractivity contribution in [2.75, 3.05) is 0 Å². The number of halogens is 1. The van der Waals surface area contributed by atoms with Crippen LogP contribution in [0.15, 0.2) is 45.6 Å². The zero-order chi connectivity index (χ0) is 12.0. The third kappa shape index (κ3) is 1.56. The highest BCUT2D eigenvalue weighted by Gasteiger charge is 2.08. The van der Waals surface area contributed by atoms with Gasteiger partial charge in [-0.1, -0.05) is 11.6 Å². The van der Waals surface area contributed by atoms with Gasteiger partial charge in [-0.15, -0.1) is 0 Å². The van der Waals surface area contributed by atoms with Gasteiger partial charge in [-0.2, -0.15) is 0 Å². The third-order valence-corrected chi connectivity index (χ3v) is 2.85. The summed E-state index contributed by atoms with van der Waals surface area (Å²) in [6, 6.07) is 9.28. The van der Waals surface area contributed by atoms with Gasteiger partial charge in [0.25, 0.3) is 0 Å². The molecule has 1 aromatic heterocycles. The Labute approximate surface area is 101 Å². The minimum Gasteiger partial charge on any atom is -0.508 e. The van der Waals surface area contributed by atoms with Crippen LogP contribution in [0.1, 0.15) is 0 Å². The van der Waals surface area contributed by atoms with E-state index in [1.807, 2.05) is 0 Å². The van der Waals surface area contributed by atoms with Crippen LogP contribution >= 0.6 is 11.6 Å². The molecule has 0 spiro atoms. The van der Waals surface area contributed by atoms with E-state index < -0.39 is 0 Å². The molecule has 0 atom stereocenters. The molecule has 17 heavy (non-hydrogen) atoms. The molecule has 0 aliphatic rings. The molecule has 0 aliphatic heterocycles. The monoisotopic (exact) mass is 246 g/mol. The molecular weight excluding hydrogens is 240 g/mol. The van der Waals surface area contributed by atoms with Gasteiger partial charge in [0.2, 0.25) is 5.43 Å². The summed E-state index contributed by atoms with van der Waals surface area (Å²) in [5.41, 5.74) is 0.642. The van der Waals surface area contributed by atoms with E-state index >= 15 is 0 Å². The van der Waals surface area contributed by atoms with Gasteiger partial charge in [0, 0.05) is 17.2 Å². The number of benzene rings is 2. The Morgan fingerprint density at radius 1 is 1.00 bits per heavy atom. The van der Waals surface area contributed by atoms with Gasteiger partial charge in [0.1, 0.15) is 16.9 Å². The number of fused-ring (bicyclic) bond motifs is 2. The fourth-order valence-corrected chi connectivity index (χ4v) is 1.98. The van der Waals surface area contributed by atoms with E-state index in [-0.39, 0.29) is 11.2 Å². The summed E-state index contributed by atoms with van der Waals surface area (Å²) in [6.07, 6.45) is 0. The van der Waals surface area contributed by atoms with Crippen molar-refractivity contribution < 1.29 is 9.52 Å². The van der Waals surface area contributed by atoms with Crippen molar-refractivity contribution in [2.24, 2.45) is 0 Å². The lowest BCUT2D eigenvalue weighted by Gasteiger charge is -2.01. The van der Waals surface area contributed by atoms with Crippen molar-refractivity contribution >= 4 is 33.5 Å². The molecule has 1 heterocycles. The molecule has 0 saturated carbocycles. The maximum Gasteiger partial charge on any atom is 0.200 e. The first-order valence-corrected chi connectivity index (χ1v) is 5.38. The highest BCUT2D eigenvalue weighted by atomic mass is 35.5. The zero-order valence-electron chi connectivity index (χ0n) is 8.61. The fourth-order valence-electron chi connectivity index (χ4n) is 1.81. The molecular formula is C13H7ClO3. The largest absolute Gasteiger partial charge is 0.508 e. The molecule has 0 amide bonds. The standard InChI is InChI=1S/C13H7ClO3/c14-7-1-3-9-11(5-7)17-12-6-8(15)2-4-10(12)13(9)16/h1-6,15H. The fraction of sp³-hybridized carbons (Fsp3) is 0. The first-order valence-electron chi connectivity index (χ1n) is 5.00. The predicted molar refractivity (Wildman–Crippen MR) is 66.7 cm³/mol. The van der Waals surface area contributed by atoms with E-state index in [0.29, 0.717) is 27.0 Å². The topological polar surface area (TPSA) is 50.4 Å². The number of hydrogen-bond acceptors (Lipinski definition) is 3. The van der Waals surface area contributed by atoms with Gasteiger partial charge in [0.15, 0.2) is 0 Å². The summed E-state index contributed by atoms with van der Waals surface area (Å²) in [4.78, 5) is 12.1. The highest BCUT2D eigenvalue weighted by molar-refractivity contribution is 6.31. The van der Waals surface area contributed by atoms with Crippen LogP contribution in [0, 0.1) is 0 Å². The van der Waals surface area contributed by atoms with Gasteiger partial charge >= 0.3 is 0 Å². The number of aromatic hydroxyl groups is 1. The van der Waals surface area contributed by atoms with Gasteiger partial charge in [0.05, 0.1) is 10.8 Å². The molecule has 3 aromatic rings. The molecule has 0 unspecified atom stereocenters. The van der Waals surface area contributed by atoms with Crippen LogP contribution in [0.2, 0.25) is 5.02 Å². The van der Waals surface area contributed by atoms with Gasteiger partial charge in [-0.3, -0.25) is 4.79 Å². The van der Waals surface area contributed by atoms with E-state index in [1.54, 1.807) is 24.3 Å². The Bertz CT molecular complexity index is 727. The first kappa shape index (κ1) is 10.2. The third-order valence-electron chi connectivity index (χ3n) is 2.62. The lowest BCUT2D eigenvalue weighted by atomic mass is 10.1. The number of hydrogen-bond donors (Lipinski definition) is 1. The van der Waals surface area contributed by atoms with Crippen molar-refractivity contribution in [2.45, 2.75) is 0 Å². The summed E-state index contributed by atoms with van der Waals surface area (Å²) in [5.74, 6) is 0.0574. The summed E-state index contributed by atoms with van der Waals surface area (Å²) < 4.78 is 5.54. The van der Waals surface area contributed by atoms with Crippen molar-refractivity contribution in [1.82, 2.24) is 0 Å². The average molecular weight is 247 g/mol. The molecule has 0 aliphatic carbocycles. The van der Waals surface area contributed by atoms with Crippen LogP contribution < -0.4 is 5.43 Å². The molecule has 4 heteroatoms. The van der Waals surface area contributed by atoms with Crippen LogP contribution in [0.5, 0.6) is 5.75 Å². The molecule has 3 rings (SSSR count). The Morgan fingerprint density at radius 2 is 1.65 bits per heavy atom. The van der Waals surface area contributed by atoms with E-state index in [2.05, 4.69) is 0 Å². The minimum atomic E-state index is -0.127. The normalized spacial score (nSPS) is 11.1. The Hall–Kier alpha value is -2.00. The summed E-state index contributed by atoms with van der Waals surface area (Å²) in [7, 11) is 0. The van der Waals surface area contributed by atoms with Gasteiger partial charge in [-0.05, 0) is 24.3 Å². The van der Waals surface area contributed by atoms with Crippen LogP contribution in [0.3, 0.4) is 0 Å². The second kappa shape index (κ2) is 3.50. The molecule has 0 bridgehead atoms. The number of rotatable bonds is 0. The molecule has 2 aromatic carbocycles. The van der Waals surface area contributed by atoms with E-state index in [1.165, 1.54) is 12.1 Å². The van der Waals surface area contributed by atoms with Crippen LogP contribution in [-0.4, -0.2) is 5.11 Å². The molecule has 0 fully saturated rings. The second-order valence-electron chi connectivity index (χ2n) is 3.75. The Morgan fingerprint density at radius 3 is 2.41 bits per heavy atom. The first-order chi connectivity index (χ1) is 8.15. The van der Waals surface area contributed by atoms with Crippen LogP contribution in [0.4, 0.5) is 0 Å². The second-order valence-corrected chi connectivity index (χ2v) is 4.19. The van der Waals surface area contributed by atoms with Crippen molar-refractivity contribution in [3.05, 3.63) is 51.6 Å². The van der Waals surface area contributed by atoms with Crippen molar-refractivity contribution in [1.29, 1.82) is 0 Å². The lowest BCUT2D eigenvalue weighted by molar-refractivity contribution is 0.474. The molecule has 1 N–H and O–H groups in total. The molecule has 0 saturated heterocycles. The maximum atomic E-state index is 12.1. The SMILES string of the molecule is O=c1c2ccc(O)cc2oc2cc(Cl)ccc12. The van der Waals surface area contributed by atoms with Gasteiger partial charge in [-0.25, -0.2) is 0 Å². The maximum absolute atomic E-state index is 12.1. The van der Waals surface area contributed by atoms with E-state index in [9.17, 15) is 9.90 Å².